The third kappa shape index (κ3) is 4.45. The molecule has 0 aliphatic rings. The Kier molecular flexibility index (Phi) is 5.78. The lowest BCUT2D eigenvalue weighted by Gasteiger charge is -2.09. The first-order chi connectivity index (χ1) is 11.3. The lowest BCUT2D eigenvalue weighted by Crippen LogP contribution is -2.24. The molecular weight excluding hydrogens is 392 g/mol. The standard InChI is InChI=1S/C17H15BrN2O3S/c1-3-9-19-24(22,23)15-6-4-5-13(11-15)17(21)20-14-7-8-16(18)12(2)10-14/h1,4-8,10-11,19H,9H2,2H3,(H,20,21). The zero-order valence-electron chi connectivity index (χ0n) is 12.8. The van der Waals surface area contributed by atoms with Gasteiger partial charge in [0.25, 0.3) is 5.91 Å². The molecule has 0 bridgehead atoms. The molecule has 2 rings (SSSR count). The van der Waals surface area contributed by atoms with Crippen LogP contribution in [0, 0.1) is 19.3 Å². The van der Waals surface area contributed by atoms with Gasteiger partial charge in [0, 0.05) is 15.7 Å². The first kappa shape index (κ1) is 18.2. The van der Waals surface area contributed by atoms with Crippen LogP contribution in [0.2, 0.25) is 0 Å². The number of carbonyl (C=O) groups excluding carboxylic acids is 1. The number of sulfonamides is 1. The number of aryl methyl sites for hydroxylation is 1. The summed E-state index contributed by atoms with van der Waals surface area (Å²) in [4.78, 5) is 12.3. The molecule has 0 saturated carbocycles. The molecule has 1 amide bonds. The summed E-state index contributed by atoms with van der Waals surface area (Å²) in [5.41, 5.74) is 1.83. The van der Waals surface area contributed by atoms with Crippen molar-refractivity contribution >= 4 is 37.5 Å². The highest BCUT2D eigenvalue weighted by Gasteiger charge is 2.15. The second-order valence-corrected chi connectivity index (χ2v) is 7.60. The molecule has 0 radical (unpaired) electrons. The highest BCUT2D eigenvalue weighted by Crippen LogP contribution is 2.21. The minimum absolute atomic E-state index is 0.0163. The van der Waals surface area contributed by atoms with E-state index in [0.717, 1.165) is 10.0 Å². The normalized spacial score (nSPS) is 10.9. The second-order valence-electron chi connectivity index (χ2n) is 4.97. The summed E-state index contributed by atoms with van der Waals surface area (Å²) >= 11 is 3.39. The van der Waals surface area contributed by atoms with E-state index in [-0.39, 0.29) is 17.0 Å². The van der Waals surface area contributed by atoms with Crippen molar-refractivity contribution in [1.29, 1.82) is 0 Å². The Balaban J connectivity index is 2.23. The minimum atomic E-state index is -3.74. The molecule has 2 aromatic rings. The number of terminal acetylenes is 1. The van der Waals surface area contributed by atoms with E-state index < -0.39 is 15.9 Å². The van der Waals surface area contributed by atoms with Crippen LogP contribution in [0.25, 0.3) is 0 Å². The van der Waals surface area contributed by atoms with Crippen molar-refractivity contribution in [2.75, 3.05) is 11.9 Å². The van der Waals surface area contributed by atoms with Gasteiger partial charge in [0.2, 0.25) is 10.0 Å². The Bertz CT molecular complexity index is 918. The topological polar surface area (TPSA) is 75.3 Å². The summed E-state index contributed by atoms with van der Waals surface area (Å²) in [5, 5.41) is 2.74. The lowest BCUT2D eigenvalue weighted by molar-refractivity contribution is 0.102. The average molecular weight is 407 g/mol. The fourth-order valence-electron chi connectivity index (χ4n) is 1.95. The summed E-state index contributed by atoms with van der Waals surface area (Å²) in [7, 11) is -3.74. The summed E-state index contributed by atoms with van der Waals surface area (Å²) in [5.74, 6) is 1.80. The summed E-state index contributed by atoms with van der Waals surface area (Å²) < 4.78 is 27.3. The highest BCUT2D eigenvalue weighted by atomic mass is 79.9. The van der Waals surface area contributed by atoms with E-state index in [4.69, 9.17) is 6.42 Å². The average Bonchev–Trinajstić information content (AvgIpc) is 2.56. The molecule has 124 valence electrons. The number of carbonyl (C=O) groups is 1. The first-order valence-electron chi connectivity index (χ1n) is 6.94. The van der Waals surface area contributed by atoms with Crippen molar-refractivity contribution in [3.8, 4) is 12.3 Å². The predicted molar refractivity (Wildman–Crippen MR) is 97.3 cm³/mol. The number of benzene rings is 2. The van der Waals surface area contributed by atoms with Crippen LogP contribution in [0.3, 0.4) is 0 Å². The van der Waals surface area contributed by atoms with Gasteiger partial charge in [0.1, 0.15) is 0 Å². The van der Waals surface area contributed by atoms with Gasteiger partial charge in [-0.15, -0.1) is 6.42 Å². The van der Waals surface area contributed by atoms with E-state index in [1.54, 1.807) is 12.1 Å². The molecule has 5 nitrogen and oxygen atoms in total. The van der Waals surface area contributed by atoms with E-state index in [9.17, 15) is 13.2 Å². The highest BCUT2D eigenvalue weighted by molar-refractivity contribution is 9.10. The predicted octanol–water partition coefficient (Wildman–Crippen LogP) is 2.92. The third-order valence-corrected chi connectivity index (χ3v) is 5.48. The van der Waals surface area contributed by atoms with Crippen LogP contribution in [0.5, 0.6) is 0 Å². The zero-order valence-corrected chi connectivity index (χ0v) is 15.2. The Morgan fingerprint density at radius 1 is 1.25 bits per heavy atom. The molecule has 0 aliphatic heterocycles. The number of rotatable bonds is 5. The second kappa shape index (κ2) is 7.62. The van der Waals surface area contributed by atoms with Gasteiger partial charge >= 0.3 is 0 Å². The fourth-order valence-corrected chi connectivity index (χ4v) is 3.18. The van der Waals surface area contributed by atoms with Gasteiger partial charge in [-0.1, -0.05) is 27.9 Å². The maximum Gasteiger partial charge on any atom is 0.255 e. The Labute approximate surface area is 149 Å². The number of anilines is 1. The number of nitrogens with one attached hydrogen (secondary N) is 2. The molecule has 7 heteroatoms. The molecule has 0 aliphatic carbocycles. The molecule has 0 saturated heterocycles. The van der Waals surface area contributed by atoms with Gasteiger partial charge in [-0.25, -0.2) is 8.42 Å². The Morgan fingerprint density at radius 2 is 2.00 bits per heavy atom. The van der Waals surface area contributed by atoms with Crippen molar-refractivity contribution in [3.05, 3.63) is 58.1 Å². The molecule has 0 unspecified atom stereocenters. The van der Waals surface area contributed by atoms with E-state index in [1.165, 1.54) is 18.2 Å². The fraction of sp³-hybridized carbons (Fsp3) is 0.118. The van der Waals surface area contributed by atoms with E-state index >= 15 is 0 Å². The van der Waals surface area contributed by atoms with Crippen LogP contribution in [-0.2, 0) is 10.0 Å². The van der Waals surface area contributed by atoms with Crippen molar-refractivity contribution in [1.82, 2.24) is 4.72 Å². The maximum absolute atomic E-state index is 12.3. The molecule has 0 aromatic heterocycles. The molecule has 0 atom stereocenters. The number of amides is 1. The van der Waals surface area contributed by atoms with Crippen molar-refractivity contribution < 1.29 is 13.2 Å². The molecule has 2 aromatic carbocycles. The molecule has 0 heterocycles. The smallest absolute Gasteiger partial charge is 0.255 e. The monoisotopic (exact) mass is 406 g/mol. The molecule has 24 heavy (non-hydrogen) atoms. The summed E-state index contributed by atoms with van der Waals surface area (Å²) in [6, 6.07) is 11.2. The maximum atomic E-state index is 12.3. The van der Waals surface area contributed by atoms with Crippen LogP contribution >= 0.6 is 15.9 Å². The largest absolute Gasteiger partial charge is 0.322 e. The molecule has 0 fully saturated rings. The van der Waals surface area contributed by atoms with E-state index in [0.29, 0.717) is 5.69 Å². The minimum Gasteiger partial charge on any atom is -0.322 e. The van der Waals surface area contributed by atoms with Crippen LogP contribution in [0.4, 0.5) is 5.69 Å². The zero-order chi connectivity index (χ0) is 17.7. The van der Waals surface area contributed by atoms with Gasteiger partial charge in [-0.2, -0.15) is 4.72 Å². The summed E-state index contributed by atoms with van der Waals surface area (Å²) in [6.45, 7) is 1.79. The van der Waals surface area contributed by atoms with Gasteiger partial charge in [-0.05, 0) is 48.9 Å². The Morgan fingerprint density at radius 3 is 2.67 bits per heavy atom. The number of halogens is 1. The van der Waals surface area contributed by atoms with E-state index in [2.05, 4.69) is 31.9 Å². The van der Waals surface area contributed by atoms with Crippen LogP contribution in [0.15, 0.2) is 51.8 Å². The third-order valence-electron chi connectivity index (χ3n) is 3.19. The van der Waals surface area contributed by atoms with Gasteiger partial charge in [0.15, 0.2) is 0 Å². The van der Waals surface area contributed by atoms with Crippen LogP contribution in [0.1, 0.15) is 15.9 Å². The molecular formula is C17H15BrN2O3S. The lowest BCUT2D eigenvalue weighted by atomic mass is 10.2. The van der Waals surface area contributed by atoms with Crippen LogP contribution < -0.4 is 10.0 Å². The van der Waals surface area contributed by atoms with Crippen molar-refractivity contribution in [3.63, 3.8) is 0 Å². The first-order valence-corrected chi connectivity index (χ1v) is 9.22. The molecule has 2 N–H and O–H groups in total. The van der Waals surface area contributed by atoms with Gasteiger partial charge < -0.3 is 5.32 Å². The Hall–Kier alpha value is -2.14. The summed E-state index contributed by atoms with van der Waals surface area (Å²) in [6.07, 6.45) is 5.06. The molecule has 0 spiro atoms. The van der Waals surface area contributed by atoms with E-state index in [1.807, 2.05) is 19.1 Å². The van der Waals surface area contributed by atoms with Gasteiger partial charge in [0.05, 0.1) is 11.4 Å². The van der Waals surface area contributed by atoms with Gasteiger partial charge in [-0.3, -0.25) is 4.79 Å². The SMILES string of the molecule is C#CCNS(=O)(=O)c1cccc(C(=O)Nc2ccc(Br)c(C)c2)c1. The van der Waals surface area contributed by atoms with Crippen LogP contribution in [-0.4, -0.2) is 20.9 Å². The quantitative estimate of drug-likeness (QED) is 0.749. The van der Waals surface area contributed by atoms with Crippen molar-refractivity contribution in [2.45, 2.75) is 11.8 Å². The number of hydrogen-bond donors (Lipinski definition) is 2. The van der Waals surface area contributed by atoms with Crippen molar-refractivity contribution in [2.24, 2.45) is 0 Å². The number of hydrogen-bond acceptors (Lipinski definition) is 3.